The van der Waals surface area contributed by atoms with E-state index in [-0.39, 0.29) is 9.52 Å². The van der Waals surface area contributed by atoms with Crippen molar-refractivity contribution in [1.82, 2.24) is 0 Å². The van der Waals surface area contributed by atoms with Gasteiger partial charge in [-0.05, 0) is 16.7 Å². The van der Waals surface area contributed by atoms with E-state index in [1.807, 2.05) is 0 Å². The Kier molecular flexibility index (Phi) is 2.13. The Morgan fingerprint density at radius 3 is 3.00 bits per heavy atom. The van der Waals surface area contributed by atoms with E-state index >= 15 is 0 Å². The number of hydrogen-bond donors (Lipinski definition) is 0. The summed E-state index contributed by atoms with van der Waals surface area (Å²) >= 11 is 0. The monoisotopic (exact) mass is 174 g/mol. The molecule has 0 saturated carbocycles. The smallest absolute Gasteiger partial charge is 0.0332 e. The van der Waals surface area contributed by atoms with Crippen LogP contribution in [-0.2, 0) is 0 Å². The maximum atomic E-state index is 2.39. The van der Waals surface area contributed by atoms with Gasteiger partial charge >= 0.3 is 0 Å². The lowest BCUT2D eigenvalue weighted by atomic mass is 10.1. The number of hydrogen-bond acceptors (Lipinski definition) is 0. The molecule has 0 bridgehead atoms. The van der Waals surface area contributed by atoms with Crippen molar-refractivity contribution in [3.8, 4) is 0 Å². The van der Waals surface area contributed by atoms with Crippen molar-refractivity contribution in [1.29, 1.82) is 0 Å². The second-order valence-electron chi connectivity index (χ2n) is 3.38. The topological polar surface area (TPSA) is 0 Å². The predicted octanol–water partition coefficient (Wildman–Crippen LogP) is 2.36. The minimum absolute atomic E-state index is 0.103. The first-order valence-electron chi connectivity index (χ1n) is 4.69. The second-order valence-corrected chi connectivity index (χ2v) is 5.84. The molecule has 0 spiro atoms. The second kappa shape index (κ2) is 3.28. The maximum absolute atomic E-state index is 2.39. The van der Waals surface area contributed by atoms with Gasteiger partial charge in [-0.25, -0.2) is 0 Å². The van der Waals surface area contributed by atoms with Crippen molar-refractivity contribution in [2.75, 3.05) is 0 Å². The van der Waals surface area contributed by atoms with Crippen LogP contribution in [0.5, 0.6) is 0 Å². The fourth-order valence-corrected chi connectivity index (χ4v) is 3.52. The zero-order valence-corrected chi connectivity index (χ0v) is 8.87. The number of rotatable bonds is 2. The van der Waals surface area contributed by atoms with Crippen molar-refractivity contribution in [2.45, 2.75) is 18.5 Å². The van der Waals surface area contributed by atoms with E-state index in [2.05, 4.69) is 43.3 Å². The number of benzene rings is 1. The zero-order chi connectivity index (χ0) is 8.39. The quantitative estimate of drug-likeness (QED) is 0.604. The van der Waals surface area contributed by atoms with E-state index in [9.17, 15) is 0 Å². The standard InChI is InChI=1S/C11H14Si/c1-2-12-11-8-7-9-5-3-4-6-10(9)11/h3-8,11H,2,12H2,1H3. The first-order valence-corrected chi connectivity index (χ1v) is 6.50. The lowest BCUT2D eigenvalue weighted by Crippen LogP contribution is -2.01. The molecule has 2 rings (SSSR count). The Balaban J connectivity index is 2.30. The Bertz CT molecular complexity index is 302. The molecule has 1 aliphatic rings. The van der Waals surface area contributed by atoms with Gasteiger partial charge in [-0.1, -0.05) is 49.4 Å². The van der Waals surface area contributed by atoms with Crippen molar-refractivity contribution in [2.24, 2.45) is 0 Å². The van der Waals surface area contributed by atoms with Gasteiger partial charge in [-0.3, -0.25) is 0 Å². The summed E-state index contributed by atoms with van der Waals surface area (Å²) < 4.78 is 0. The summed E-state index contributed by atoms with van der Waals surface area (Å²) in [6, 6.07) is 10.2. The van der Waals surface area contributed by atoms with E-state index < -0.39 is 0 Å². The van der Waals surface area contributed by atoms with Crippen LogP contribution in [0.25, 0.3) is 6.08 Å². The van der Waals surface area contributed by atoms with Crippen molar-refractivity contribution in [3.05, 3.63) is 41.5 Å². The van der Waals surface area contributed by atoms with Gasteiger partial charge in [0.25, 0.3) is 0 Å². The Morgan fingerprint density at radius 2 is 2.17 bits per heavy atom. The van der Waals surface area contributed by atoms with Crippen molar-refractivity contribution in [3.63, 3.8) is 0 Å². The molecular formula is C11H14Si. The largest absolute Gasteiger partial charge is 0.0798 e. The summed E-state index contributed by atoms with van der Waals surface area (Å²) in [5, 5.41) is 0. The summed E-state index contributed by atoms with van der Waals surface area (Å²) in [4.78, 5) is 0. The highest BCUT2D eigenvalue weighted by Gasteiger charge is 2.14. The molecule has 0 N–H and O–H groups in total. The molecule has 1 unspecified atom stereocenters. The molecule has 0 amide bonds. The lowest BCUT2D eigenvalue weighted by molar-refractivity contribution is 1.20. The molecular weight excluding hydrogens is 160 g/mol. The molecule has 1 aliphatic carbocycles. The van der Waals surface area contributed by atoms with Crippen LogP contribution in [0.15, 0.2) is 30.3 Å². The predicted molar refractivity (Wildman–Crippen MR) is 57.2 cm³/mol. The third kappa shape index (κ3) is 1.25. The van der Waals surface area contributed by atoms with Gasteiger partial charge in [0.15, 0.2) is 0 Å². The first kappa shape index (κ1) is 7.81. The van der Waals surface area contributed by atoms with Gasteiger partial charge in [0.05, 0.1) is 0 Å². The molecule has 12 heavy (non-hydrogen) atoms. The van der Waals surface area contributed by atoms with Crippen molar-refractivity contribution < 1.29 is 0 Å². The molecule has 1 aromatic carbocycles. The highest BCUT2D eigenvalue weighted by atomic mass is 28.2. The highest BCUT2D eigenvalue weighted by molar-refractivity contribution is 6.39. The fourth-order valence-electron chi connectivity index (χ4n) is 1.89. The summed E-state index contributed by atoms with van der Waals surface area (Å²) in [6.07, 6.45) is 4.67. The van der Waals surface area contributed by atoms with Crippen LogP contribution in [0.3, 0.4) is 0 Å². The van der Waals surface area contributed by atoms with E-state index in [4.69, 9.17) is 0 Å². The molecule has 0 radical (unpaired) electrons. The lowest BCUT2D eigenvalue weighted by Gasteiger charge is -2.07. The van der Waals surface area contributed by atoms with E-state index in [1.54, 1.807) is 5.56 Å². The van der Waals surface area contributed by atoms with Gasteiger partial charge in [0, 0.05) is 9.52 Å². The normalized spacial score (nSPS) is 20.6. The molecule has 0 fully saturated rings. The van der Waals surface area contributed by atoms with Crippen LogP contribution in [0.1, 0.15) is 23.6 Å². The number of fused-ring (bicyclic) bond motifs is 1. The fraction of sp³-hybridized carbons (Fsp3) is 0.273. The molecule has 0 saturated heterocycles. The van der Waals surface area contributed by atoms with Crippen LogP contribution in [-0.4, -0.2) is 9.52 Å². The summed E-state index contributed by atoms with van der Waals surface area (Å²) in [5.74, 6) is 0. The summed E-state index contributed by atoms with van der Waals surface area (Å²) in [7, 11) is 0.103. The van der Waals surface area contributed by atoms with Crippen LogP contribution in [0.4, 0.5) is 0 Å². The van der Waals surface area contributed by atoms with Crippen LogP contribution < -0.4 is 0 Å². The number of allylic oxidation sites excluding steroid dienone is 1. The minimum atomic E-state index is 0.103. The molecule has 0 heterocycles. The maximum Gasteiger partial charge on any atom is 0.0332 e. The first-order chi connectivity index (χ1) is 5.92. The summed E-state index contributed by atoms with van der Waals surface area (Å²) in [5.41, 5.74) is 3.85. The van der Waals surface area contributed by atoms with E-state index in [0.29, 0.717) is 0 Å². The SMILES string of the molecule is CC[SiH2]C1C=Cc2ccccc21. The minimum Gasteiger partial charge on any atom is -0.0798 e. The zero-order valence-electron chi connectivity index (χ0n) is 7.46. The Labute approximate surface area is 76.1 Å². The third-order valence-electron chi connectivity index (χ3n) is 2.50. The van der Waals surface area contributed by atoms with Crippen molar-refractivity contribution >= 4 is 15.6 Å². The molecule has 1 aromatic rings. The van der Waals surface area contributed by atoms with E-state index in [0.717, 1.165) is 5.54 Å². The molecule has 1 atom stereocenters. The average molecular weight is 174 g/mol. The van der Waals surface area contributed by atoms with Gasteiger partial charge in [-0.2, -0.15) is 0 Å². The molecule has 62 valence electrons. The molecule has 0 aromatic heterocycles. The third-order valence-corrected chi connectivity index (χ3v) is 4.41. The van der Waals surface area contributed by atoms with Crippen LogP contribution in [0.2, 0.25) is 6.04 Å². The highest BCUT2D eigenvalue weighted by Crippen LogP contribution is 2.29. The van der Waals surface area contributed by atoms with Gasteiger partial charge in [-0.15, -0.1) is 0 Å². The van der Waals surface area contributed by atoms with Gasteiger partial charge in [0.1, 0.15) is 0 Å². The van der Waals surface area contributed by atoms with Crippen LogP contribution in [0, 0.1) is 0 Å². The average Bonchev–Trinajstić information content (AvgIpc) is 2.50. The van der Waals surface area contributed by atoms with E-state index in [1.165, 1.54) is 11.6 Å². The molecule has 0 nitrogen and oxygen atoms in total. The molecule has 0 aliphatic heterocycles. The molecule has 1 heteroatoms. The van der Waals surface area contributed by atoms with Gasteiger partial charge in [0.2, 0.25) is 0 Å². The Morgan fingerprint density at radius 1 is 1.33 bits per heavy atom. The summed E-state index contributed by atoms with van der Waals surface area (Å²) in [6.45, 7) is 2.31. The Hall–Kier alpha value is -0.823. The van der Waals surface area contributed by atoms with Gasteiger partial charge < -0.3 is 0 Å². The van der Waals surface area contributed by atoms with Crippen LogP contribution >= 0.6 is 0 Å².